The highest BCUT2D eigenvalue weighted by atomic mass is 16.5. The van der Waals surface area contributed by atoms with Crippen LogP contribution in [0.4, 0.5) is 0 Å². The first kappa shape index (κ1) is 10.0. The number of ether oxygens (including phenoxy) is 1. The SMILES string of the molecule is CC(C)(C)CCCC1(O)COC1. The molecule has 1 N–H and O–H groups in total. The van der Waals surface area contributed by atoms with Gasteiger partial charge in [0.2, 0.25) is 0 Å². The van der Waals surface area contributed by atoms with Gasteiger partial charge < -0.3 is 9.84 Å². The van der Waals surface area contributed by atoms with Crippen LogP contribution >= 0.6 is 0 Å². The van der Waals surface area contributed by atoms with E-state index in [1.165, 1.54) is 6.42 Å². The summed E-state index contributed by atoms with van der Waals surface area (Å²) in [5, 5.41) is 9.68. The van der Waals surface area contributed by atoms with Crippen LogP contribution in [0.25, 0.3) is 0 Å². The minimum absolute atomic E-state index is 0.390. The predicted octanol–water partition coefficient (Wildman–Crippen LogP) is 1.96. The Balaban J connectivity index is 2.10. The monoisotopic (exact) mass is 172 g/mol. The maximum atomic E-state index is 9.68. The Bertz CT molecular complexity index is 142. The van der Waals surface area contributed by atoms with E-state index in [0.29, 0.717) is 18.6 Å². The molecule has 0 unspecified atom stereocenters. The Morgan fingerprint density at radius 3 is 2.25 bits per heavy atom. The molecule has 0 aliphatic carbocycles. The molecule has 0 amide bonds. The lowest BCUT2D eigenvalue weighted by atomic mass is 9.86. The summed E-state index contributed by atoms with van der Waals surface area (Å²) in [6, 6.07) is 0. The Hall–Kier alpha value is -0.0800. The van der Waals surface area contributed by atoms with Crippen LogP contribution < -0.4 is 0 Å². The molecule has 1 saturated heterocycles. The molecule has 0 bridgehead atoms. The lowest BCUT2D eigenvalue weighted by molar-refractivity contribution is -0.182. The molecular weight excluding hydrogens is 152 g/mol. The quantitative estimate of drug-likeness (QED) is 0.705. The highest BCUT2D eigenvalue weighted by Crippen LogP contribution is 2.27. The van der Waals surface area contributed by atoms with Crippen molar-refractivity contribution >= 4 is 0 Å². The number of rotatable bonds is 3. The van der Waals surface area contributed by atoms with Crippen LogP contribution in [0.1, 0.15) is 40.0 Å². The van der Waals surface area contributed by atoms with Crippen LogP contribution in [0.2, 0.25) is 0 Å². The molecule has 2 heteroatoms. The van der Waals surface area contributed by atoms with E-state index < -0.39 is 5.60 Å². The fraction of sp³-hybridized carbons (Fsp3) is 1.00. The van der Waals surface area contributed by atoms with Crippen LogP contribution in [0, 0.1) is 5.41 Å². The average Bonchev–Trinajstić information content (AvgIpc) is 1.81. The van der Waals surface area contributed by atoms with Gasteiger partial charge >= 0.3 is 0 Å². The first-order valence-electron chi connectivity index (χ1n) is 4.72. The zero-order chi connectivity index (χ0) is 9.24. The summed E-state index contributed by atoms with van der Waals surface area (Å²) in [5.41, 5.74) is -0.0911. The summed E-state index contributed by atoms with van der Waals surface area (Å²) in [6.45, 7) is 7.77. The summed E-state index contributed by atoms with van der Waals surface area (Å²) < 4.78 is 4.97. The van der Waals surface area contributed by atoms with Gasteiger partial charge in [0.1, 0.15) is 5.60 Å². The van der Waals surface area contributed by atoms with Crippen LogP contribution in [0.3, 0.4) is 0 Å². The summed E-state index contributed by atoms with van der Waals surface area (Å²) in [5.74, 6) is 0. The maximum absolute atomic E-state index is 9.68. The molecule has 0 aromatic heterocycles. The lowest BCUT2D eigenvalue weighted by Crippen LogP contribution is -2.49. The molecule has 0 aromatic rings. The Morgan fingerprint density at radius 2 is 1.92 bits per heavy atom. The van der Waals surface area contributed by atoms with Gasteiger partial charge in [-0.1, -0.05) is 20.8 Å². The molecule has 12 heavy (non-hydrogen) atoms. The topological polar surface area (TPSA) is 29.5 Å². The van der Waals surface area contributed by atoms with Crippen molar-refractivity contribution in [2.75, 3.05) is 13.2 Å². The fourth-order valence-electron chi connectivity index (χ4n) is 1.43. The van der Waals surface area contributed by atoms with Gasteiger partial charge in [0.05, 0.1) is 13.2 Å². The third-order valence-corrected chi connectivity index (χ3v) is 2.31. The second kappa shape index (κ2) is 3.35. The average molecular weight is 172 g/mol. The van der Waals surface area contributed by atoms with Gasteiger partial charge in [-0.05, 0) is 24.7 Å². The van der Waals surface area contributed by atoms with E-state index in [9.17, 15) is 5.11 Å². The van der Waals surface area contributed by atoms with Gasteiger partial charge in [0.25, 0.3) is 0 Å². The molecular formula is C10H20O2. The Kier molecular flexibility index (Phi) is 2.79. The lowest BCUT2D eigenvalue weighted by Gasteiger charge is -2.37. The number of hydrogen-bond acceptors (Lipinski definition) is 2. The van der Waals surface area contributed by atoms with E-state index >= 15 is 0 Å². The highest BCUT2D eigenvalue weighted by molar-refractivity contribution is 4.85. The standard InChI is InChI=1S/C10H20O2/c1-9(2,3)5-4-6-10(11)7-12-8-10/h11H,4-8H2,1-3H3. The molecule has 72 valence electrons. The van der Waals surface area contributed by atoms with Crippen LogP contribution in [-0.4, -0.2) is 23.9 Å². The molecule has 0 radical (unpaired) electrons. The van der Waals surface area contributed by atoms with Crippen LogP contribution in [0.15, 0.2) is 0 Å². The van der Waals surface area contributed by atoms with Crippen molar-refractivity contribution in [1.29, 1.82) is 0 Å². The molecule has 0 aromatic carbocycles. The zero-order valence-corrected chi connectivity index (χ0v) is 8.39. The molecule has 1 heterocycles. The van der Waals surface area contributed by atoms with Crippen LogP contribution in [0.5, 0.6) is 0 Å². The fourth-order valence-corrected chi connectivity index (χ4v) is 1.43. The summed E-state index contributed by atoms with van der Waals surface area (Å²) in [6.07, 6.45) is 3.17. The minimum Gasteiger partial charge on any atom is -0.385 e. The molecule has 1 rings (SSSR count). The summed E-state index contributed by atoms with van der Waals surface area (Å²) in [4.78, 5) is 0. The number of aliphatic hydroxyl groups is 1. The van der Waals surface area contributed by atoms with Crippen molar-refractivity contribution in [2.45, 2.75) is 45.6 Å². The molecule has 0 saturated carbocycles. The van der Waals surface area contributed by atoms with Crippen molar-refractivity contribution in [1.82, 2.24) is 0 Å². The van der Waals surface area contributed by atoms with Gasteiger partial charge in [-0.25, -0.2) is 0 Å². The van der Waals surface area contributed by atoms with E-state index in [-0.39, 0.29) is 0 Å². The zero-order valence-electron chi connectivity index (χ0n) is 8.39. The molecule has 0 atom stereocenters. The van der Waals surface area contributed by atoms with Gasteiger partial charge in [0, 0.05) is 0 Å². The van der Waals surface area contributed by atoms with Gasteiger partial charge in [-0.15, -0.1) is 0 Å². The van der Waals surface area contributed by atoms with Gasteiger partial charge in [-0.2, -0.15) is 0 Å². The molecule has 1 aliphatic heterocycles. The Labute approximate surface area is 74.9 Å². The van der Waals surface area contributed by atoms with E-state index in [1.807, 2.05) is 0 Å². The minimum atomic E-state index is -0.481. The van der Waals surface area contributed by atoms with E-state index in [0.717, 1.165) is 12.8 Å². The van der Waals surface area contributed by atoms with E-state index in [4.69, 9.17) is 4.74 Å². The second-order valence-electron chi connectivity index (χ2n) is 5.13. The van der Waals surface area contributed by atoms with E-state index in [1.54, 1.807) is 0 Å². The summed E-state index contributed by atoms with van der Waals surface area (Å²) >= 11 is 0. The third-order valence-electron chi connectivity index (χ3n) is 2.31. The van der Waals surface area contributed by atoms with Crippen molar-refractivity contribution in [3.63, 3.8) is 0 Å². The normalized spacial score (nSPS) is 22.0. The molecule has 1 aliphatic rings. The van der Waals surface area contributed by atoms with Crippen molar-refractivity contribution in [3.05, 3.63) is 0 Å². The predicted molar refractivity (Wildman–Crippen MR) is 49.1 cm³/mol. The summed E-state index contributed by atoms with van der Waals surface area (Å²) in [7, 11) is 0. The first-order chi connectivity index (χ1) is 5.41. The maximum Gasteiger partial charge on any atom is 0.111 e. The first-order valence-corrected chi connectivity index (χ1v) is 4.72. The molecule has 1 fully saturated rings. The second-order valence-corrected chi connectivity index (χ2v) is 5.13. The number of hydrogen-bond donors (Lipinski definition) is 1. The van der Waals surface area contributed by atoms with Gasteiger partial charge in [-0.3, -0.25) is 0 Å². The molecule has 0 spiro atoms. The Morgan fingerprint density at radius 1 is 1.33 bits per heavy atom. The van der Waals surface area contributed by atoms with Crippen molar-refractivity contribution in [2.24, 2.45) is 5.41 Å². The van der Waals surface area contributed by atoms with Crippen LogP contribution in [-0.2, 0) is 4.74 Å². The van der Waals surface area contributed by atoms with Crippen molar-refractivity contribution < 1.29 is 9.84 Å². The van der Waals surface area contributed by atoms with E-state index in [2.05, 4.69) is 20.8 Å². The van der Waals surface area contributed by atoms with Gasteiger partial charge in [0.15, 0.2) is 0 Å². The van der Waals surface area contributed by atoms with Crippen molar-refractivity contribution in [3.8, 4) is 0 Å². The molecule has 2 nitrogen and oxygen atoms in total. The largest absolute Gasteiger partial charge is 0.385 e. The third kappa shape index (κ3) is 3.11. The highest BCUT2D eigenvalue weighted by Gasteiger charge is 2.35. The smallest absolute Gasteiger partial charge is 0.111 e.